The zero-order valence-electron chi connectivity index (χ0n) is 28.1. The number of rotatable bonds is 17. The SMILES string of the molecule is CCOC(=O)CCCCOc1c(OCCCC#N)cc(C(=O)CN2Cc3cc(OCC)c(C(=O)NC)nc3C2=N)cc1C(C)(C)C.Cl. The molecular formula is C34H46ClN5O7. The molecule has 0 unspecified atom stereocenters. The summed E-state index contributed by atoms with van der Waals surface area (Å²) in [7, 11) is 1.50. The minimum absolute atomic E-state index is 0. The van der Waals surface area contributed by atoms with Crippen molar-refractivity contribution in [2.75, 3.05) is 40.0 Å². The molecule has 0 saturated heterocycles. The Kier molecular flexibility index (Phi) is 14.9. The van der Waals surface area contributed by atoms with Crippen molar-refractivity contribution in [3.63, 3.8) is 0 Å². The van der Waals surface area contributed by atoms with Crippen LogP contribution >= 0.6 is 12.4 Å². The van der Waals surface area contributed by atoms with Crippen molar-refractivity contribution in [1.29, 1.82) is 10.7 Å². The average molecular weight is 672 g/mol. The van der Waals surface area contributed by atoms with Gasteiger partial charge in [-0.25, -0.2) is 4.98 Å². The number of nitrogens with zero attached hydrogens (tertiary/aromatic N) is 3. The van der Waals surface area contributed by atoms with Crippen LogP contribution in [-0.2, 0) is 21.5 Å². The molecule has 0 bridgehead atoms. The number of ether oxygens (including phenoxy) is 4. The second-order valence-electron chi connectivity index (χ2n) is 11.8. The Morgan fingerprint density at radius 3 is 2.38 bits per heavy atom. The van der Waals surface area contributed by atoms with Gasteiger partial charge in [0.2, 0.25) is 0 Å². The van der Waals surface area contributed by atoms with Crippen LogP contribution in [0.1, 0.15) is 104 Å². The number of nitrogens with one attached hydrogen (secondary N) is 2. The number of benzene rings is 1. The molecule has 1 aliphatic rings. The summed E-state index contributed by atoms with van der Waals surface area (Å²) in [6.45, 7) is 11.1. The van der Waals surface area contributed by atoms with E-state index in [-0.39, 0.29) is 55.4 Å². The smallest absolute Gasteiger partial charge is 0.305 e. The van der Waals surface area contributed by atoms with Gasteiger partial charge >= 0.3 is 5.97 Å². The number of fused-ring (bicyclic) bond motifs is 1. The third kappa shape index (κ3) is 10.3. The minimum atomic E-state index is -0.424. The van der Waals surface area contributed by atoms with Crippen LogP contribution in [0.5, 0.6) is 17.2 Å². The molecular weight excluding hydrogens is 626 g/mol. The van der Waals surface area contributed by atoms with Gasteiger partial charge in [-0.15, -0.1) is 12.4 Å². The van der Waals surface area contributed by atoms with Crippen LogP contribution in [0.25, 0.3) is 0 Å². The summed E-state index contributed by atoms with van der Waals surface area (Å²) in [4.78, 5) is 44.0. The number of carbonyl (C=O) groups excluding carboxylic acids is 3. The predicted molar refractivity (Wildman–Crippen MR) is 179 cm³/mol. The van der Waals surface area contributed by atoms with Gasteiger partial charge in [0, 0.05) is 43.1 Å². The topological polar surface area (TPSA) is 164 Å². The molecule has 0 fully saturated rings. The van der Waals surface area contributed by atoms with E-state index in [1.165, 1.54) is 7.05 Å². The molecule has 2 heterocycles. The number of amidine groups is 1. The summed E-state index contributed by atoms with van der Waals surface area (Å²) in [5, 5.41) is 20.3. The number of carbonyl (C=O) groups is 3. The molecule has 1 aromatic heterocycles. The first-order valence-electron chi connectivity index (χ1n) is 15.7. The van der Waals surface area contributed by atoms with Crippen LogP contribution in [0.3, 0.4) is 0 Å². The van der Waals surface area contributed by atoms with Crippen molar-refractivity contribution in [1.82, 2.24) is 15.2 Å². The fourth-order valence-corrected chi connectivity index (χ4v) is 4.93. The van der Waals surface area contributed by atoms with E-state index in [1.54, 1.807) is 30.0 Å². The maximum atomic E-state index is 13.8. The van der Waals surface area contributed by atoms with Crippen molar-refractivity contribution in [2.24, 2.45) is 0 Å². The summed E-state index contributed by atoms with van der Waals surface area (Å²) < 4.78 is 23.0. The number of aromatic nitrogens is 1. The molecule has 1 aromatic carbocycles. The van der Waals surface area contributed by atoms with Crippen LogP contribution in [0.4, 0.5) is 0 Å². The highest BCUT2D eigenvalue weighted by atomic mass is 35.5. The summed E-state index contributed by atoms with van der Waals surface area (Å²) in [5.41, 5.74) is 1.86. The standard InChI is InChI=1S/C34H45N5O7.ClH/c1-7-43-26-19-23-20-39(32(36)29(23)38-30(26)33(42)37-6)21-25(40)22-17-24(34(3,4)5)31(27(18-22)45-15-12-10-14-35)46-16-11-9-13-28(41)44-8-2;/h17-19,36H,7-13,15-16,20-21H2,1-6H3,(H,37,42);1H. The van der Waals surface area contributed by atoms with E-state index < -0.39 is 11.3 Å². The molecule has 0 aliphatic carbocycles. The quantitative estimate of drug-likeness (QED) is 0.127. The normalized spacial score (nSPS) is 12.0. The molecule has 0 atom stereocenters. The number of nitriles is 1. The zero-order valence-corrected chi connectivity index (χ0v) is 28.9. The van der Waals surface area contributed by atoms with Gasteiger partial charge in [-0.05, 0) is 56.7 Å². The minimum Gasteiger partial charge on any atom is -0.491 e. The maximum Gasteiger partial charge on any atom is 0.305 e. The van der Waals surface area contributed by atoms with E-state index in [1.807, 2.05) is 27.7 Å². The highest BCUT2D eigenvalue weighted by Crippen LogP contribution is 2.40. The molecule has 0 radical (unpaired) electrons. The Morgan fingerprint density at radius 2 is 1.74 bits per heavy atom. The number of unbranched alkanes of at least 4 members (excludes halogenated alkanes) is 2. The highest BCUT2D eigenvalue weighted by Gasteiger charge is 2.32. The third-order valence-electron chi connectivity index (χ3n) is 7.25. The van der Waals surface area contributed by atoms with Gasteiger partial charge in [0.15, 0.2) is 28.7 Å². The maximum absolute atomic E-state index is 13.8. The van der Waals surface area contributed by atoms with Crippen molar-refractivity contribution >= 4 is 35.9 Å². The van der Waals surface area contributed by atoms with Crippen LogP contribution in [0.2, 0.25) is 0 Å². The summed E-state index contributed by atoms with van der Waals surface area (Å²) in [5.74, 6) is 0.391. The molecule has 1 aliphatic heterocycles. The molecule has 1 amide bonds. The van der Waals surface area contributed by atoms with Gasteiger partial charge < -0.3 is 29.2 Å². The number of ketones is 1. The predicted octanol–water partition coefficient (Wildman–Crippen LogP) is 5.38. The average Bonchev–Trinajstić information content (AvgIpc) is 3.31. The van der Waals surface area contributed by atoms with E-state index in [0.717, 1.165) is 5.56 Å². The fraction of sp³-hybridized carbons (Fsp3) is 0.529. The molecule has 2 aromatic rings. The Hall–Kier alpha value is -4.37. The lowest BCUT2D eigenvalue weighted by molar-refractivity contribution is -0.143. The van der Waals surface area contributed by atoms with Crippen molar-refractivity contribution < 1.29 is 33.3 Å². The summed E-state index contributed by atoms with van der Waals surface area (Å²) >= 11 is 0. The van der Waals surface area contributed by atoms with Crippen LogP contribution < -0.4 is 19.5 Å². The summed E-state index contributed by atoms with van der Waals surface area (Å²) in [6, 6.07) is 7.28. The zero-order chi connectivity index (χ0) is 33.9. The number of hydrogen-bond acceptors (Lipinski definition) is 10. The molecule has 13 heteroatoms. The highest BCUT2D eigenvalue weighted by molar-refractivity contribution is 6.05. The van der Waals surface area contributed by atoms with Crippen molar-refractivity contribution in [2.45, 2.75) is 78.7 Å². The Balaban J connectivity index is 0.00000768. The number of halogens is 1. The summed E-state index contributed by atoms with van der Waals surface area (Å²) in [6.07, 6.45) is 2.37. The van der Waals surface area contributed by atoms with E-state index in [9.17, 15) is 14.4 Å². The first-order valence-corrected chi connectivity index (χ1v) is 15.7. The van der Waals surface area contributed by atoms with Crippen LogP contribution in [-0.4, -0.2) is 73.4 Å². The molecule has 3 rings (SSSR count). The van der Waals surface area contributed by atoms with E-state index in [0.29, 0.717) is 86.0 Å². The Labute approximate surface area is 283 Å². The van der Waals surface area contributed by atoms with E-state index in [2.05, 4.69) is 16.4 Å². The van der Waals surface area contributed by atoms with Crippen molar-refractivity contribution in [3.8, 4) is 23.3 Å². The second kappa shape index (κ2) is 18.1. The number of Topliss-reactive ketones (excluding diaryl/α,β-unsaturated/α-hetero) is 1. The molecule has 47 heavy (non-hydrogen) atoms. The van der Waals surface area contributed by atoms with Gasteiger partial charge in [-0.1, -0.05) is 20.8 Å². The van der Waals surface area contributed by atoms with Gasteiger partial charge in [-0.2, -0.15) is 5.26 Å². The van der Waals surface area contributed by atoms with Crippen LogP contribution in [0.15, 0.2) is 18.2 Å². The molecule has 2 N–H and O–H groups in total. The number of esters is 1. The van der Waals surface area contributed by atoms with Gasteiger partial charge in [0.1, 0.15) is 11.5 Å². The van der Waals surface area contributed by atoms with Gasteiger partial charge in [0.05, 0.1) is 39.0 Å². The third-order valence-corrected chi connectivity index (χ3v) is 7.25. The number of hydrogen-bond donors (Lipinski definition) is 2. The first-order chi connectivity index (χ1) is 21.9. The second-order valence-corrected chi connectivity index (χ2v) is 11.8. The monoisotopic (exact) mass is 671 g/mol. The Bertz CT molecular complexity index is 1480. The van der Waals surface area contributed by atoms with E-state index >= 15 is 0 Å². The molecule has 256 valence electrons. The van der Waals surface area contributed by atoms with E-state index in [4.69, 9.17) is 29.6 Å². The number of amides is 1. The van der Waals surface area contributed by atoms with Crippen molar-refractivity contribution in [3.05, 3.63) is 46.3 Å². The lowest BCUT2D eigenvalue weighted by atomic mass is 9.84. The number of pyridine rings is 1. The molecule has 0 saturated carbocycles. The van der Waals surface area contributed by atoms with Crippen LogP contribution in [0, 0.1) is 16.7 Å². The largest absolute Gasteiger partial charge is 0.491 e. The molecule has 12 nitrogen and oxygen atoms in total. The fourth-order valence-electron chi connectivity index (χ4n) is 4.93. The molecule has 0 spiro atoms. The van der Waals surface area contributed by atoms with Gasteiger partial charge in [0.25, 0.3) is 5.91 Å². The Morgan fingerprint density at radius 1 is 1.02 bits per heavy atom. The first kappa shape index (κ1) is 38.8. The lowest BCUT2D eigenvalue weighted by Crippen LogP contribution is -2.31. The van der Waals surface area contributed by atoms with Gasteiger partial charge in [-0.3, -0.25) is 19.8 Å². The lowest BCUT2D eigenvalue weighted by Gasteiger charge is -2.26.